The van der Waals surface area contributed by atoms with Crippen LogP contribution >= 0.6 is 0 Å². The molecule has 1 atom stereocenters. The predicted molar refractivity (Wildman–Crippen MR) is 60.6 cm³/mol. The van der Waals surface area contributed by atoms with Crippen molar-refractivity contribution in [3.8, 4) is 0 Å². The molecule has 1 unspecified atom stereocenters. The van der Waals surface area contributed by atoms with E-state index in [0.29, 0.717) is 12.1 Å². The number of carbonyl (C=O) groups is 1. The van der Waals surface area contributed by atoms with Crippen LogP contribution in [-0.2, 0) is 18.9 Å². The standard InChI is InChI=1S/C12H18N2O2/c1-12(2,3)11-13-10-8(14(11)4)5-7(15)6-9(10)16/h7,15H,5-6H2,1-4H3. The molecule has 0 amide bonds. The van der Waals surface area contributed by atoms with E-state index in [1.54, 1.807) is 0 Å². The van der Waals surface area contributed by atoms with Gasteiger partial charge in [-0.2, -0.15) is 0 Å². The second kappa shape index (κ2) is 3.42. The Hall–Kier alpha value is -1.16. The molecule has 1 aliphatic rings. The highest BCUT2D eigenvalue weighted by molar-refractivity contribution is 5.96. The van der Waals surface area contributed by atoms with Crippen molar-refractivity contribution in [3.05, 3.63) is 17.2 Å². The highest BCUT2D eigenvalue weighted by atomic mass is 16.3. The third kappa shape index (κ3) is 1.67. The summed E-state index contributed by atoms with van der Waals surface area (Å²) >= 11 is 0. The lowest BCUT2D eigenvalue weighted by molar-refractivity contribution is 0.0844. The lowest BCUT2D eigenvalue weighted by Gasteiger charge is -2.19. The zero-order valence-corrected chi connectivity index (χ0v) is 10.2. The third-order valence-electron chi connectivity index (χ3n) is 3.00. The summed E-state index contributed by atoms with van der Waals surface area (Å²) in [5.41, 5.74) is 1.34. The molecule has 1 aliphatic carbocycles. The van der Waals surface area contributed by atoms with Crippen LogP contribution in [0.3, 0.4) is 0 Å². The number of imidazole rings is 1. The van der Waals surface area contributed by atoms with Gasteiger partial charge in [-0.1, -0.05) is 20.8 Å². The molecule has 0 aromatic carbocycles. The van der Waals surface area contributed by atoms with Crippen molar-refractivity contribution in [1.29, 1.82) is 0 Å². The lowest BCUT2D eigenvalue weighted by atomic mass is 9.96. The van der Waals surface area contributed by atoms with E-state index >= 15 is 0 Å². The van der Waals surface area contributed by atoms with Gasteiger partial charge in [0.25, 0.3) is 0 Å². The van der Waals surface area contributed by atoms with Crippen LogP contribution in [0.15, 0.2) is 0 Å². The molecule has 0 spiro atoms. The average molecular weight is 222 g/mol. The van der Waals surface area contributed by atoms with Gasteiger partial charge in [0, 0.05) is 25.3 Å². The van der Waals surface area contributed by atoms with Gasteiger partial charge in [-0.15, -0.1) is 0 Å². The van der Waals surface area contributed by atoms with Crippen LogP contribution in [0.1, 0.15) is 49.2 Å². The van der Waals surface area contributed by atoms with Crippen molar-refractivity contribution in [3.63, 3.8) is 0 Å². The lowest BCUT2D eigenvalue weighted by Crippen LogP contribution is -2.25. The summed E-state index contributed by atoms with van der Waals surface area (Å²) in [5, 5.41) is 9.60. The Morgan fingerprint density at radius 2 is 2.00 bits per heavy atom. The molecule has 0 saturated heterocycles. The SMILES string of the molecule is Cn1c(C(C)(C)C)nc2c1CC(O)CC2=O. The maximum absolute atomic E-state index is 11.8. The van der Waals surface area contributed by atoms with Crippen LogP contribution in [0.25, 0.3) is 0 Å². The normalized spacial score (nSPS) is 21.1. The first-order valence-electron chi connectivity index (χ1n) is 5.58. The Balaban J connectivity index is 2.56. The quantitative estimate of drug-likeness (QED) is 0.717. The molecule has 1 N–H and O–H groups in total. The largest absolute Gasteiger partial charge is 0.392 e. The smallest absolute Gasteiger partial charge is 0.185 e. The van der Waals surface area contributed by atoms with E-state index in [2.05, 4.69) is 25.8 Å². The van der Waals surface area contributed by atoms with Crippen LogP contribution in [0.2, 0.25) is 0 Å². The van der Waals surface area contributed by atoms with Crippen LogP contribution < -0.4 is 0 Å². The molecule has 0 fully saturated rings. The number of hydrogen-bond donors (Lipinski definition) is 1. The number of aromatic nitrogens is 2. The van der Waals surface area contributed by atoms with E-state index in [4.69, 9.17) is 0 Å². The van der Waals surface area contributed by atoms with Gasteiger partial charge < -0.3 is 9.67 Å². The number of Topliss-reactive ketones (excluding diaryl/α,β-unsaturated/α-hetero) is 1. The molecular weight excluding hydrogens is 204 g/mol. The molecule has 0 bridgehead atoms. The Morgan fingerprint density at radius 3 is 2.56 bits per heavy atom. The van der Waals surface area contributed by atoms with E-state index in [1.807, 2.05) is 11.6 Å². The van der Waals surface area contributed by atoms with Gasteiger partial charge >= 0.3 is 0 Å². The summed E-state index contributed by atoms with van der Waals surface area (Å²) in [6.07, 6.45) is 0.178. The molecule has 0 saturated carbocycles. The monoisotopic (exact) mass is 222 g/mol. The minimum atomic E-state index is -0.553. The molecule has 1 heterocycles. The first-order chi connectivity index (χ1) is 7.30. The molecule has 0 radical (unpaired) electrons. The van der Waals surface area contributed by atoms with Crippen molar-refractivity contribution in [1.82, 2.24) is 9.55 Å². The Morgan fingerprint density at radius 1 is 1.38 bits per heavy atom. The van der Waals surface area contributed by atoms with Gasteiger partial charge in [0.2, 0.25) is 0 Å². The van der Waals surface area contributed by atoms with E-state index in [-0.39, 0.29) is 17.6 Å². The topological polar surface area (TPSA) is 55.1 Å². The van der Waals surface area contributed by atoms with Gasteiger partial charge in [0.1, 0.15) is 11.5 Å². The first-order valence-corrected chi connectivity index (χ1v) is 5.58. The fourth-order valence-corrected chi connectivity index (χ4v) is 2.27. The van der Waals surface area contributed by atoms with Crippen molar-refractivity contribution < 1.29 is 9.90 Å². The summed E-state index contributed by atoms with van der Waals surface area (Å²) < 4.78 is 1.95. The van der Waals surface area contributed by atoms with Crippen molar-refractivity contribution in [2.75, 3.05) is 0 Å². The number of aliphatic hydroxyl groups is 1. The molecule has 16 heavy (non-hydrogen) atoms. The van der Waals surface area contributed by atoms with Crippen molar-refractivity contribution in [2.24, 2.45) is 7.05 Å². The minimum Gasteiger partial charge on any atom is -0.392 e. The second-order valence-corrected chi connectivity index (χ2v) is 5.52. The average Bonchev–Trinajstić information content (AvgIpc) is 2.43. The molecule has 1 aromatic rings. The van der Waals surface area contributed by atoms with Gasteiger partial charge in [0.05, 0.1) is 11.8 Å². The Kier molecular flexibility index (Phi) is 2.42. The maximum atomic E-state index is 11.8. The van der Waals surface area contributed by atoms with Gasteiger partial charge in [-0.05, 0) is 0 Å². The number of rotatable bonds is 0. The number of aliphatic hydroxyl groups excluding tert-OH is 1. The zero-order valence-electron chi connectivity index (χ0n) is 10.2. The molecule has 1 aromatic heterocycles. The maximum Gasteiger partial charge on any atom is 0.185 e. The van der Waals surface area contributed by atoms with Crippen molar-refractivity contribution >= 4 is 5.78 Å². The molecule has 4 nitrogen and oxygen atoms in total. The second-order valence-electron chi connectivity index (χ2n) is 5.52. The van der Waals surface area contributed by atoms with Gasteiger partial charge in [-0.25, -0.2) is 4.98 Å². The van der Waals surface area contributed by atoms with Crippen LogP contribution in [0.4, 0.5) is 0 Å². The number of fused-ring (bicyclic) bond motifs is 1. The van der Waals surface area contributed by atoms with Crippen LogP contribution in [-0.4, -0.2) is 26.5 Å². The number of ketones is 1. The summed E-state index contributed by atoms with van der Waals surface area (Å²) in [6.45, 7) is 6.21. The summed E-state index contributed by atoms with van der Waals surface area (Å²) in [5.74, 6) is 0.861. The highest BCUT2D eigenvalue weighted by Gasteiger charge is 2.32. The number of hydrogen-bond acceptors (Lipinski definition) is 3. The molecular formula is C12H18N2O2. The van der Waals surface area contributed by atoms with E-state index in [1.165, 1.54) is 0 Å². The van der Waals surface area contributed by atoms with Crippen LogP contribution in [0, 0.1) is 0 Å². The third-order valence-corrected chi connectivity index (χ3v) is 3.00. The fourth-order valence-electron chi connectivity index (χ4n) is 2.27. The van der Waals surface area contributed by atoms with E-state index in [0.717, 1.165) is 11.5 Å². The molecule has 2 rings (SSSR count). The van der Waals surface area contributed by atoms with Gasteiger partial charge in [0.15, 0.2) is 5.78 Å². The summed E-state index contributed by atoms with van der Waals surface area (Å²) in [4.78, 5) is 16.2. The summed E-state index contributed by atoms with van der Waals surface area (Å²) in [7, 11) is 1.91. The van der Waals surface area contributed by atoms with E-state index < -0.39 is 6.10 Å². The van der Waals surface area contributed by atoms with Gasteiger partial charge in [-0.3, -0.25) is 4.79 Å². The molecule has 0 aliphatic heterocycles. The molecule has 4 heteroatoms. The Bertz CT molecular complexity index is 441. The number of carbonyl (C=O) groups excluding carboxylic acids is 1. The Labute approximate surface area is 95.3 Å². The fraction of sp³-hybridized carbons (Fsp3) is 0.667. The summed E-state index contributed by atoms with van der Waals surface area (Å²) in [6, 6.07) is 0. The predicted octanol–water partition coefficient (Wildman–Crippen LogP) is 1.21. The number of nitrogens with zero attached hydrogens (tertiary/aromatic N) is 2. The highest BCUT2D eigenvalue weighted by Crippen LogP contribution is 2.27. The van der Waals surface area contributed by atoms with Crippen molar-refractivity contribution in [2.45, 2.75) is 45.1 Å². The van der Waals surface area contributed by atoms with E-state index in [9.17, 15) is 9.90 Å². The molecule has 88 valence electrons. The first kappa shape index (κ1) is 11.3. The zero-order chi connectivity index (χ0) is 12.1. The van der Waals surface area contributed by atoms with Crippen LogP contribution in [0.5, 0.6) is 0 Å². The minimum absolute atomic E-state index is 0.0418.